The van der Waals surface area contributed by atoms with E-state index in [1.54, 1.807) is 10.8 Å². The van der Waals surface area contributed by atoms with Crippen molar-refractivity contribution in [1.82, 2.24) is 19.8 Å². The number of aliphatic imine (C=N–C) groups is 1. The number of rotatable bonds is 3. The fraction of sp³-hybridized carbons (Fsp3) is 0.0909. The first kappa shape index (κ1) is 12.1. The number of hydrogen-bond acceptors (Lipinski definition) is 5. The van der Waals surface area contributed by atoms with Crippen LogP contribution < -0.4 is 5.73 Å². The fourth-order valence-electron chi connectivity index (χ4n) is 1.61. The first-order valence-corrected chi connectivity index (χ1v) is 6.78. The zero-order valence-electron chi connectivity index (χ0n) is 9.69. The van der Waals surface area contributed by atoms with Crippen LogP contribution in [0.4, 0.5) is 5.69 Å². The predicted octanol–water partition coefficient (Wildman–Crippen LogP) is 2.08. The molecule has 0 aliphatic heterocycles. The molecule has 0 saturated carbocycles. The second kappa shape index (κ2) is 4.94. The first-order chi connectivity index (χ1) is 9.28. The maximum atomic E-state index is 5.68. The van der Waals surface area contributed by atoms with Gasteiger partial charge >= 0.3 is 0 Å². The number of benzene rings is 1. The van der Waals surface area contributed by atoms with Gasteiger partial charge in [0.2, 0.25) is 4.96 Å². The summed E-state index contributed by atoms with van der Waals surface area (Å²) in [6, 6.07) is 7.63. The van der Waals surface area contributed by atoms with Crippen LogP contribution in [0.2, 0.25) is 0 Å². The minimum Gasteiger partial charge on any atom is -0.386 e. The number of halogens is 1. The lowest BCUT2D eigenvalue weighted by Crippen LogP contribution is -2.12. The van der Waals surface area contributed by atoms with Crippen molar-refractivity contribution in [2.45, 2.75) is 0 Å². The Morgan fingerprint density at radius 3 is 3.05 bits per heavy atom. The molecular weight excluding hydrogens is 284 g/mol. The van der Waals surface area contributed by atoms with E-state index in [-0.39, 0.29) is 5.88 Å². The molecule has 0 spiro atoms. The summed E-state index contributed by atoms with van der Waals surface area (Å²) < 4.78 is 1.63. The van der Waals surface area contributed by atoms with Gasteiger partial charge in [0.1, 0.15) is 17.2 Å². The predicted molar refractivity (Wildman–Crippen MR) is 76.1 cm³/mol. The highest BCUT2D eigenvalue weighted by Gasteiger charge is 2.11. The highest BCUT2D eigenvalue weighted by Crippen LogP contribution is 2.32. The van der Waals surface area contributed by atoms with Gasteiger partial charge in [0.05, 0.1) is 11.6 Å². The van der Waals surface area contributed by atoms with Crippen molar-refractivity contribution >= 4 is 39.4 Å². The van der Waals surface area contributed by atoms with Gasteiger partial charge < -0.3 is 5.73 Å². The van der Waals surface area contributed by atoms with E-state index in [9.17, 15) is 0 Å². The van der Waals surface area contributed by atoms with E-state index in [4.69, 9.17) is 17.3 Å². The molecule has 6 nitrogen and oxygen atoms in total. The van der Waals surface area contributed by atoms with Crippen LogP contribution in [0.15, 0.2) is 35.6 Å². The molecule has 1 aromatic carbocycles. The van der Waals surface area contributed by atoms with Crippen molar-refractivity contribution in [3.8, 4) is 10.6 Å². The second-order valence-corrected chi connectivity index (χ2v) is 4.94. The van der Waals surface area contributed by atoms with Crippen LogP contribution >= 0.6 is 22.9 Å². The van der Waals surface area contributed by atoms with Gasteiger partial charge in [0, 0.05) is 5.56 Å². The molecule has 96 valence electrons. The smallest absolute Gasteiger partial charge is 0.234 e. The minimum atomic E-state index is 0.194. The number of hydrogen-bond donors (Lipinski definition) is 1. The molecule has 0 saturated heterocycles. The number of nitrogens with two attached hydrogens (primary N) is 1. The van der Waals surface area contributed by atoms with E-state index < -0.39 is 0 Å². The summed E-state index contributed by atoms with van der Waals surface area (Å²) in [6.07, 6.45) is 1.56. The molecule has 0 fully saturated rings. The van der Waals surface area contributed by atoms with Crippen molar-refractivity contribution in [2.24, 2.45) is 10.7 Å². The number of amidine groups is 1. The van der Waals surface area contributed by atoms with E-state index in [0.29, 0.717) is 5.84 Å². The summed E-state index contributed by atoms with van der Waals surface area (Å²) >= 11 is 7.10. The summed E-state index contributed by atoms with van der Waals surface area (Å²) in [4.78, 5) is 5.03. The molecule has 2 heterocycles. The van der Waals surface area contributed by atoms with Gasteiger partial charge in [-0.05, 0) is 12.1 Å². The molecule has 0 atom stereocenters. The third-order valence-corrected chi connectivity index (χ3v) is 3.64. The number of fused-ring (bicyclic) bond motifs is 1. The Balaban J connectivity index is 2.12. The largest absolute Gasteiger partial charge is 0.386 e. The van der Waals surface area contributed by atoms with Crippen LogP contribution in [0.3, 0.4) is 0 Å². The normalized spacial score (nSPS) is 12.2. The summed E-state index contributed by atoms with van der Waals surface area (Å²) in [5.74, 6) is 0.566. The van der Waals surface area contributed by atoms with Gasteiger partial charge in [0.25, 0.3) is 0 Å². The molecule has 8 heteroatoms. The molecule has 3 aromatic rings. The number of alkyl halides is 1. The summed E-state index contributed by atoms with van der Waals surface area (Å²) in [5.41, 5.74) is 7.32. The molecule has 0 aliphatic rings. The Hall–Kier alpha value is -1.99. The summed E-state index contributed by atoms with van der Waals surface area (Å²) in [7, 11) is 0. The van der Waals surface area contributed by atoms with Crippen LogP contribution in [-0.4, -0.2) is 31.5 Å². The third kappa shape index (κ3) is 2.29. The average molecular weight is 293 g/mol. The standard InChI is InChI=1S/C11H9ClN6S/c12-5-9(13)15-8-4-2-1-3-7(8)10-17-18-6-14-16-11(18)19-10/h1-4,6H,5H2,(H2,13,15). The number of nitrogens with zero attached hydrogens (tertiary/aromatic N) is 5. The van der Waals surface area contributed by atoms with Crippen molar-refractivity contribution in [1.29, 1.82) is 0 Å². The molecule has 0 unspecified atom stereocenters. The monoisotopic (exact) mass is 292 g/mol. The van der Waals surface area contributed by atoms with Crippen molar-refractivity contribution in [3.05, 3.63) is 30.6 Å². The van der Waals surface area contributed by atoms with E-state index >= 15 is 0 Å². The maximum Gasteiger partial charge on any atom is 0.234 e. The van der Waals surface area contributed by atoms with Crippen molar-refractivity contribution < 1.29 is 0 Å². The molecule has 19 heavy (non-hydrogen) atoms. The van der Waals surface area contributed by atoms with E-state index in [2.05, 4.69) is 20.3 Å². The molecule has 0 amide bonds. The van der Waals surface area contributed by atoms with Crippen LogP contribution in [0.1, 0.15) is 0 Å². The zero-order valence-corrected chi connectivity index (χ0v) is 11.3. The lowest BCUT2D eigenvalue weighted by atomic mass is 10.2. The second-order valence-electron chi connectivity index (χ2n) is 3.72. The van der Waals surface area contributed by atoms with E-state index in [1.807, 2.05) is 24.3 Å². The van der Waals surface area contributed by atoms with Crippen molar-refractivity contribution in [3.63, 3.8) is 0 Å². The Kier molecular flexibility index (Phi) is 3.14. The quantitative estimate of drug-likeness (QED) is 0.455. The van der Waals surface area contributed by atoms with Crippen LogP contribution in [0.25, 0.3) is 15.5 Å². The molecule has 2 aromatic heterocycles. The van der Waals surface area contributed by atoms with Crippen LogP contribution in [-0.2, 0) is 0 Å². The molecule has 0 radical (unpaired) electrons. The van der Waals surface area contributed by atoms with Crippen LogP contribution in [0, 0.1) is 0 Å². The fourth-order valence-corrected chi connectivity index (χ4v) is 2.52. The van der Waals surface area contributed by atoms with Gasteiger partial charge in [-0.15, -0.1) is 21.8 Å². The molecule has 0 bridgehead atoms. The van der Waals surface area contributed by atoms with Gasteiger partial charge in [-0.2, -0.15) is 9.61 Å². The molecule has 3 rings (SSSR count). The molecule has 2 N–H and O–H groups in total. The SMILES string of the molecule is NC(CCl)=Nc1ccccc1-c1nn2cnnc2s1. The van der Waals surface area contributed by atoms with Gasteiger partial charge in [-0.3, -0.25) is 0 Å². The summed E-state index contributed by atoms with van der Waals surface area (Å²) in [5, 5.41) is 13.0. The topological polar surface area (TPSA) is 81.5 Å². The zero-order chi connectivity index (χ0) is 13.2. The van der Waals surface area contributed by atoms with E-state index in [0.717, 1.165) is 21.2 Å². The van der Waals surface area contributed by atoms with Gasteiger partial charge in [-0.25, -0.2) is 4.99 Å². The number of aromatic nitrogens is 4. The third-order valence-electron chi connectivity index (χ3n) is 2.42. The molecule has 0 aliphatic carbocycles. The Morgan fingerprint density at radius 2 is 2.26 bits per heavy atom. The first-order valence-electron chi connectivity index (χ1n) is 5.43. The average Bonchev–Trinajstić information content (AvgIpc) is 3.00. The highest BCUT2D eigenvalue weighted by molar-refractivity contribution is 7.19. The summed E-state index contributed by atoms with van der Waals surface area (Å²) in [6.45, 7) is 0. The number of para-hydroxylation sites is 1. The highest BCUT2D eigenvalue weighted by atomic mass is 35.5. The lowest BCUT2D eigenvalue weighted by molar-refractivity contribution is 0.960. The molecular formula is C11H9ClN6S. The van der Waals surface area contributed by atoms with Gasteiger partial charge in [-0.1, -0.05) is 23.5 Å². The van der Waals surface area contributed by atoms with Crippen molar-refractivity contribution in [2.75, 3.05) is 5.88 Å². The van der Waals surface area contributed by atoms with E-state index in [1.165, 1.54) is 11.3 Å². The Morgan fingerprint density at radius 1 is 1.42 bits per heavy atom. The Labute approximate surface area is 117 Å². The lowest BCUT2D eigenvalue weighted by Gasteiger charge is -2.02. The van der Waals surface area contributed by atoms with Crippen LogP contribution in [0.5, 0.6) is 0 Å². The minimum absolute atomic E-state index is 0.194. The maximum absolute atomic E-state index is 5.68. The van der Waals surface area contributed by atoms with Gasteiger partial charge in [0.15, 0.2) is 0 Å². The Bertz CT molecular complexity index is 718.